The van der Waals surface area contributed by atoms with E-state index in [1.165, 1.54) is 0 Å². The average molecular weight is 262 g/mol. The molecule has 1 heterocycles. The van der Waals surface area contributed by atoms with Gasteiger partial charge in [-0.15, -0.1) is 0 Å². The highest BCUT2D eigenvalue weighted by molar-refractivity contribution is 6.62. The molecule has 1 saturated heterocycles. The Hall–Kier alpha value is -1.13. The quantitative estimate of drug-likeness (QED) is 0.607. The minimum atomic E-state index is -0.403. The van der Waals surface area contributed by atoms with Crippen molar-refractivity contribution in [3.8, 4) is 0 Å². The molecular weight excluding hydrogens is 239 g/mol. The number of hydrogen-bond donors (Lipinski definition) is 0. The highest BCUT2D eigenvalue weighted by Crippen LogP contribution is 2.36. The first-order valence-electron chi connectivity index (χ1n) is 6.76. The third kappa shape index (κ3) is 3.25. The Labute approximate surface area is 116 Å². The van der Waals surface area contributed by atoms with E-state index < -0.39 is 7.12 Å². The Morgan fingerprint density at radius 2 is 1.58 bits per heavy atom. The predicted octanol–water partition coefficient (Wildman–Crippen LogP) is 2.82. The molecule has 2 rings (SSSR count). The molecule has 0 atom stereocenters. The Kier molecular flexibility index (Phi) is 4.94. The molecule has 0 unspecified atom stereocenters. The summed E-state index contributed by atoms with van der Waals surface area (Å²) in [5, 5.41) is 0. The van der Waals surface area contributed by atoms with Crippen LogP contribution in [0.3, 0.4) is 0 Å². The molecule has 0 N–H and O–H groups in total. The zero-order chi connectivity index (χ0) is 14.7. The smallest absolute Gasteiger partial charge is 0.399 e. The summed E-state index contributed by atoms with van der Waals surface area (Å²) in [7, 11) is -0.403. The lowest BCUT2D eigenvalue weighted by Gasteiger charge is -2.32. The van der Waals surface area contributed by atoms with Gasteiger partial charge in [0, 0.05) is 5.56 Å². The highest BCUT2D eigenvalue weighted by Gasteiger charge is 2.51. The molecule has 4 heteroatoms. The van der Waals surface area contributed by atoms with Gasteiger partial charge in [0.25, 0.3) is 0 Å². The van der Waals surface area contributed by atoms with Gasteiger partial charge < -0.3 is 9.31 Å². The van der Waals surface area contributed by atoms with Crippen LogP contribution in [-0.4, -0.2) is 24.6 Å². The molecule has 0 aliphatic carbocycles. The summed E-state index contributed by atoms with van der Waals surface area (Å²) >= 11 is 0. The summed E-state index contributed by atoms with van der Waals surface area (Å²) in [6.07, 6.45) is 0.828. The van der Waals surface area contributed by atoms with E-state index >= 15 is 0 Å². The van der Waals surface area contributed by atoms with Gasteiger partial charge in [0.05, 0.1) is 11.2 Å². The van der Waals surface area contributed by atoms with E-state index in [0.717, 1.165) is 11.7 Å². The van der Waals surface area contributed by atoms with Crippen LogP contribution < -0.4 is 5.46 Å². The second kappa shape index (κ2) is 5.89. The molecule has 1 aliphatic heterocycles. The van der Waals surface area contributed by atoms with E-state index in [4.69, 9.17) is 9.31 Å². The molecule has 19 heavy (non-hydrogen) atoms. The van der Waals surface area contributed by atoms with Crippen LogP contribution in [0.4, 0.5) is 0 Å². The summed E-state index contributed by atoms with van der Waals surface area (Å²) in [5.41, 5.74) is 0.814. The Balaban J connectivity index is 0.000000861. The van der Waals surface area contributed by atoms with Crippen LogP contribution in [0, 0.1) is 0 Å². The molecule has 0 amide bonds. The number of benzene rings is 1. The molecule has 1 aliphatic rings. The fourth-order valence-corrected chi connectivity index (χ4v) is 1.76. The summed E-state index contributed by atoms with van der Waals surface area (Å²) in [6.45, 7) is 12.0. The van der Waals surface area contributed by atoms with Gasteiger partial charge in [-0.2, -0.15) is 0 Å². The van der Waals surface area contributed by atoms with Crippen molar-refractivity contribution in [3.05, 3.63) is 29.8 Å². The number of aldehydes is 1. The average Bonchev–Trinajstić information content (AvgIpc) is 2.61. The first-order chi connectivity index (χ1) is 8.86. The van der Waals surface area contributed by atoms with Crippen molar-refractivity contribution in [1.82, 2.24) is 0 Å². The lowest BCUT2D eigenvalue weighted by molar-refractivity contribution is 0.00578. The van der Waals surface area contributed by atoms with Gasteiger partial charge >= 0.3 is 7.12 Å². The van der Waals surface area contributed by atoms with Crippen LogP contribution in [0.5, 0.6) is 0 Å². The first kappa shape index (κ1) is 15.9. The molecule has 0 spiro atoms. The van der Waals surface area contributed by atoms with E-state index in [2.05, 4.69) is 0 Å². The van der Waals surface area contributed by atoms with Gasteiger partial charge in [-0.25, -0.2) is 0 Å². The second-order valence-electron chi connectivity index (χ2n) is 5.38. The van der Waals surface area contributed by atoms with Crippen LogP contribution >= 0.6 is 0 Å². The van der Waals surface area contributed by atoms with Gasteiger partial charge in [-0.3, -0.25) is 4.79 Å². The summed E-state index contributed by atoms with van der Waals surface area (Å²) < 4.78 is 11.8. The third-order valence-corrected chi connectivity index (χ3v) is 3.57. The molecule has 1 aromatic rings. The Bertz CT molecular complexity index is 425. The van der Waals surface area contributed by atoms with Gasteiger partial charge in [-0.05, 0) is 33.2 Å². The van der Waals surface area contributed by atoms with Gasteiger partial charge in [0.1, 0.15) is 6.29 Å². The van der Waals surface area contributed by atoms with Gasteiger partial charge in [-0.1, -0.05) is 38.1 Å². The fraction of sp³-hybridized carbons (Fsp3) is 0.533. The van der Waals surface area contributed by atoms with Crippen molar-refractivity contribution >= 4 is 18.9 Å². The summed E-state index contributed by atoms with van der Waals surface area (Å²) in [5.74, 6) is 0. The lowest BCUT2D eigenvalue weighted by Crippen LogP contribution is -2.41. The van der Waals surface area contributed by atoms with Crippen molar-refractivity contribution in [1.29, 1.82) is 0 Å². The van der Waals surface area contributed by atoms with Crippen molar-refractivity contribution in [3.63, 3.8) is 0 Å². The SMILES string of the molecule is CC.CC1(C)OB(c2cccc(C=O)c2)OC1(C)C. The fourth-order valence-electron chi connectivity index (χ4n) is 1.76. The standard InChI is InChI=1S/C13H17BO3.C2H6/c1-12(2)13(3,4)17-14(16-12)11-7-5-6-10(8-11)9-15;1-2/h5-9H,1-4H3;1-2H3. The zero-order valence-electron chi connectivity index (χ0n) is 12.7. The maximum atomic E-state index is 10.7. The third-order valence-electron chi connectivity index (χ3n) is 3.57. The van der Waals surface area contributed by atoms with E-state index in [9.17, 15) is 4.79 Å². The van der Waals surface area contributed by atoms with Crippen LogP contribution in [-0.2, 0) is 9.31 Å². The molecule has 3 nitrogen and oxygen atoms in total. The molecule has 0 saturated carbocycles. The second-order valence-corrected chi connectivity index (χ2v) is 5.38. The maximum Gasteiger partial charge on any atom is 0.494 e. The van der Waals surface area contributed by atoms with Crippen LogP contribution in [0.2, 0.25) is 0 Å². The predicted molar refractivity (Wildman–Crippen MR) is 78.9 cm³/mol. The largest absolute Gasteiger partial charge is 0.494 e. The summed E-state index contributed by atoms with van der Waals surface area (Å²) in [6, 6.07) is 7.32. The normalized spacial score (nSPS) is 19.6. The lowest BCUT2D eigenvalue weighted by atomic mass is 9.78. The van der Waals surface area contributed by atoms with E-state index in [0.29, 0.717) is 5.56 Å². The topological polar surface area (TPSA) is 35.5 Å². The minimum Gasteiger partial charge on any atom is -0.399 e. The van der Waals surface area contributed by atoms with Crippen LogP contribution in [0.15, 0.2) is 24.3 Å². The molecule has 1 fully saturated rings. The maximum absolute atomic E-state index is 10.7. The van der Waals surface area contributed by atoms with Gasteiger partial charge in [0.2, 0.25) is 0 Å². The van der Waals surface area contributed by atoms with Crippen molar-refractivity contribution in [2.75, 3.05) is 0 Å². The van der Waals surface area contributed by atoms with Crippen molar-refractivity contribution in [2.45, 2.75) is 52.7 Å². The van der Waals surface area contributed by atoms with Crippen LogP contribution in [0.25, 0.3) is 0 Å². The number of carbonyl (C=O) groups is 1. The monoisotopic (exact) mass is 262 g/mol. The van der Waals surface area contributed by atoms with E-state index in [1.807, 2.05) is 53.7 Å². The Morgan fingerprint density at radius 1 is 1.05 bits per heavy atom. The summed E-state index contributed by atoms with van der Waals surface area (Å²) in [4.78, 5) is 10.7. The molecular formula is C15H23BO3. The molecule has 1 aromatic carbocycles. The number of hydrogen-bond acceptors (Lipinski definition) is 3. The van der Waals surface area contributed by atoms with Crippen molar-refractivity contribution < 1.29 is 14.1 Å². The minimum absolute atomic E-state index is 0.352. The van der Waals surface area contributed by atoms with Gasteiger partial charge in [0.15, 0.2) is 0 Å². The number of rotatable bonds is 2. The first-order valence-corrected chi connectivity index (χ1v) is 6.76. The number of carbonyl (C=O) groups excluding carboxylic acids is 1. The zero-order valence-corrected chi connectivity index (χ0v) is 12.7. The molecule has 0 aromatic heterocycles. The van der Waals surface area contributed by atoms with E-state index in [1.54, 1.807) is 12.1 Å². The van der Waals surface area contributed by atoms with E-state index in [-0.39, 0.29) is 11.2 Å². The highest BCUT2D eigenvalue weighted by atomic mass is 16.7. The molecule has 104 valence electrons. The van der Waals surface area contributed by atoms with Crippen LogP contribution in [0.1, 0.15) is 51.9 Å². The Morgan fingerprint density at radius 3 is 2.05 bits per heavy atom. The molecule has 0 bridgehead atoms. The van der Waals surface area contributed by atoms with Crippen molar-refractivity contribution in [2.24, 2.45) is 0 Å². The molecule has 0 radical (unpaired) electrons.